The molecule has 0 aromatic heterocycles. The molecule has 0 saturated carbocycles. The van der Waals surface area contributed by atoms with Gasteiger partial charge in [0, 0.05) is 24.4 Å². The maximum absolute atomic E-state index is 12.6. The van der Waals surface area contributed by atoms with Crippen molar-refractivity contribution < 1.29 is 24.2 Å². The molecule has 7 heteroatoms. The zero-order chi connectivity index (χ0) is 24.0. The topological polar surface area (TPSA) is 105 Å². The van der Waals surface area contributed by atoms with E-state index < -0.39 is 24.1 Å². The Bertz CT molecular complexity index is 958. The number of amides is 2. The van der Waals surface area contributed by atoms with Crippen molar-refractivity contribution in [1.82, 2.24) is 10.6 Å². The summed E-state index contributed by atoms with van der Waals surface area (Å²) in [6.07, 6.45) is -0.128. The summed E-state index contributed by atoms with van der Waals surface area (Å²) in [4.78, 5) is 36.0. The standard InChI is InChI=1S/C26H32N2O5/c1-4-17(13-25(30)31)27-24(29)14-23(16(2)3)28-26(32)33-15-22-20-11-7-5-9-18(20)19-10-6-8-12-21(19)22/h5-12,16-17,22-23H,4,13-15H2,1-3H3,(H,27,29)(H,28,32)(H,30,31)/t17-,23-/m0/s1. The van der Waals surface area contributed by atoms with Crippen molar-refractivity contribution in [2.45, 2.75) is 58.0 Å². The molecule has 176 valence electrons. The number of hydrogen-bond donors (Lipinski definition) is 3. The van der Waals surface area contributed by atoms with Crippen molar-refractivity contribution >= 4 is 18.0 Å². The molecule has 0 spiro atoms. The lowest BCUT2D eigenvalue weighted by Gasteiger charge is -2.24. The summed E-state index contributed by atoms with van der Waals surface area (Å²) >= 11 is 0. The minimum absolute atomic E-state index is 0.00390. The van der Waals surface area contributed by atoms with Gasteiger partial charge in [-0.05, 0) is 34.6 Å². The summed E-state index contributed by atoms with van der Waals surface area (Å²) in [7, 11) is 0. The highest BCUT2D eigenvalue weighted by Crippen LogP contribution is 2.44. The van der Waals surface area contributed by atoms with Crippen LogP contribution in [0.3, 0.4) is 0 Å². The van der Waals surface area contributed by atoms with Gasteiger partial charge in [0.25, 0.3) is 0 Å². The van der Waals surface area contributed by atoms with Crippen LogP contribution in [0.25, 0.3) is 11.1 Å². The molecule has 33 heavy (non-hydrogen) atoms. The molecule has 2 atom stereocenters. The molecular weight excluding hydrogens is 420 g/mol. The number of aliphatic carboxylic acids is 1. The van der Waals surface area contributed by atoms with E-state index in [1.807, 2.05) is 45.0 Å². The molecule has 1 aliphatic rings. The van der Waals surface area contributed by atoms with Crippen LogP contribution >= 0.6 is 0 Å². The third-order valence-electron chi connectivity index (χ3n) is 6.14. The number of nitrogens with one attached hydrogen (secondary N) is 2. The average molecular weight is 453 g/mol. The summed E-state index contributed by atoms with van der Waals surface area (Å²) in [6, 6.07) is 15.4. The lowest BCUT2D eigenvalue weighted by Crippen LogP contribution is -2.45. The Balaban J connectivity index is 1.59. The highest BCUT2D eigenvalue weighted by molar-refractivity contribution is 5.80. The number of rotatable bonds is 10. The van der Waals surface area contributed by atoms with Gasteiger partial charge in [0.1, 0.15) is 6.61 Å². The monoisotopic (exact) mass is 452 g/mol. The van der Waals surface area contributed by atoms with Crippen LogP contribution in [0.15, 0.2) is 48.5 Å². The lowest BCUT2D eigenvalue weighted by atomic mass is 9.98. The molecule has 0 saturated heterocycles. The zero-order valence-corrected chi connectivity index (χ0v) is 19.3. The van der Waals surface area contributed by atoms with E-state index in [9.17, 15) is 14.4 Å². The van der Waals surface area contributed by atoms with Crippen molar-refractivity contribution in [2.24, 2.45) is 5.92 Å². The zero-order valence-electron chi connectivity index (χ0n) is 19.3. The molecule has 2 aromatic rings. The van der Waals surface area contributed by atoms with Crippen LogP contribution in [0.2, 0.25) is 0 Å². The summed E-state index contributed by atoms with van der Waals surface area (Å²) in [6.45, 7) is 5.85. The Labute approximate surface area is 194 Å². The van der Waals surface area contributed by atoms with E-state index in [1.165, 1.54) is 0 Å². The number of carboxylic acid groups (broad SMARTS) is 1. The fourth-order valence-electron chi connectivity index (χ4n) is 4.24. The average Bonchev–Trinajstić information content (AvgIpc) is 3.10. The van der Waals surface area contributed by atoms with Gasteiger partial charge in [-0.1, -0.05) is 69.3 Å². The molecule has 3 rings (SSSR count). The van der Waals surface area contributed by atoms with Gasteiger partial charge in [-0.2, -0.15) is 0 Å². The van der Waals surface area contributed by atoms with E-state index in [-0.39, 0.29) is 37.2 Å². The van der Waals surface area contributed by atoms with Gasteiger partial charge in [0.2, 0.25) is 5.91 Å². The molecule has 0 bridgehead atoms. The van der Waals surface area contributed by atoms with Gasteiger partial charge in [-0.25, -0.2) is 4.79 Å². The molecule has 2 amide bonds. The third kappa shape index (κ3) is 6.12. The normalized spacial score (nSPS) is 14.2. The van der Waals surface area contributed by atoms with Crippen LogP contribution in [0.4, 0.5) is 4.79 Å². The second-order valence-electron chi connectivity index (χ2n) is 8.80. The van der Waals surface area contributed by atoms with Crippen LogP contribution < -0.4 is 10.6 Å². The lowest BCUT2D eigenvalue weighted by molar-refractivity contribution is -0.137. The molecule has 0 heterocycles. The Hall–Kier alpha value is -3.35. The van der Waals surface area contributed by atoms with Crippen LogP contribution in [0.5, 0.6) is 0 Å². The van der Waals surface area contributed by atoms with Gasteiger partial charge in [-0.3, -0.25) is 9.59 Å². The minimum Gasteiger partial charge on any atom is -0.481 e. The quantitative estimate of drug-likeness (QED) is 0.498. The van der Waals surface area contributed by atoms with Gasteiger partial charge in [-0.15, -0.1) is 0 Å². The van der Waals surface area contributed by atoms with Gasteiger partial charge in [0.05, 0.1) is 6.42 Å². The first-order chi connectivity index (χ1) is 15.8. The first-order valence-corrected chi connectivity index (χ1v) is 11.4. The van der Waals surface area contributed by atoms with Gasteiger partial charge < -0.3 is 20.5 Å². The number of carbonyl (C=O) groups is 3. The molecule has 0 aliphatic heterocycles. The predicted molar refractivity (Wildman–Crippen MR) is 126 cm³/mol. The fourth-order valence-corrected chi connectivity index (χ4v) is 4.24. The summed E-state index contributed by atoms with van der Waals surface area (Å²) in [5, 5.41) is 14.5. The van der Waals surface area contributed by atoms with Crippen molar-refractivity contribution in [2.75, 3.05) is 6.61 Å². The van der Waals surface area contributed by atoms with E-state index in [1.54, 1.807) is 0 Å². The van der Waals surface area contributed by atoms with Crippen molar-refractivity contribution in [1.29, 1.82) is 0 Å². The first-order valence-electron chi connectivity index (χ1n) is 11.4. The highest BCUT2D eigenvalue weighted by atomic mass is 16.5. The third-order valence-corrected chi connectivity index (χ3v) is 6.14. The summed E-state index contributed by atoms with van der Waals surface area (Å²) < 4.78 is 5.60. The number of benzene rings is 2. The maximum Gasteiger partial charge on any atom is 0.407 e. The van der Waals surface area contributed by atoms with E-state index in [2.05, 4.69) is 34.9 Å². The predicted octanol–water partition coefficient (Wildman–Crippen LogP) is 4.31. The van der Waals surface area contributed by atoms with Crippen molar-refractivity contribution in [3.8, 4) is 11.1 Å². The maximum atomic E-state index is 12.6. The van der Waals surface area contributed by atoms with E-state index >= 15 is 0 Å². The number of fused-ring (bicyclic) bond motifs is 3. The van der Waals surface area contributed by atoms with Crippen LogP contribution in [0, 0.1) is 5.92 Å². The summed E-state index contributed by atoms with van der Waals surface area (Å²) in [5.74, 6) is -1.29. The van der Waals surface area contributed by atoms with Crippen LogP contribution in [-0.2, 0) is 14.3 Å². The van der Waals surface area contributed by atoms with Gasteiger partial charge in [0.15, 0.2) is 0 Å². The second-order valence-corrected chi connectivity index (χ2v) is 8.80. The van der Waals surface area contributed by atoms with Crippen LogP contribution in [-0.4, -0.2) is 41.8 Å². The van der Waals surface area contributed by atoms with E-state index in [0.717, 1.165) is 22.3 Å². The highest BCUT2D eigenvalue weighted by Gasteiger charge is 2.29. The Kier molecular flexibility index (Phi) is 8.09. The van der Waals surface area contributed by atoms with E-state index in [0.29, 0.717) is 6.42 Å². The van der Waals surface area contributed by atoms with Crippen molar-refractivity contribution in [3.05, 3.63) is 59.7 Å². The molecular formula is C26H32N2O5. The molecule has 2 aromatic carbocycles. The Morgan fingerprint density at radius 1 is 0.939 bits per heavy atom. The fraction of sp³-hybridized carbons (Fsp3) is 0.423. The largest absolute Gasteiger partial charge is 0.481 e. The molecule has 7 nitrogen and oxygen atoms in total. The molecule has 0 radical (unpaired) electrons. The molecule has 0 fully saturated rings. The van der Waals surface area contributed by atoms with Crippen LogP contribution in [0.1, 0.15) is 57.1 Å². The Morgan fingerprint density at radius 3 is 2.03 bits per heavy atom. The van der Waals surface area contributed by atoms with Gasteiger partial charge >= 0.3 is 12.1 Å². The molecule has 0 unspecified atom stereocenters. The number of hydrogen-bond acceptors (Lipinski definition) is 4. The molecule has 1 aliphatic carbocycles. The number of ether oxygens (including phenoxy) is 1. The number of carbonyl (C=O) groups excluding carboxylic acids is 2. The summed E-state index contributed by atoms with van der Waals surface area (Å²) in [5.41, 5.74) is 4.59. The SMILES string of the molecule is CC[C@@H](CC(=O)O)NC(=O)C[C@H](NC(=O)OCC1c2ccccc2-c2ccccc21)C(C)C. The first kappa shape index (κ1) is 24.3. The minimum atomic E-state index is -0.959. The smallest absolute Gasteiger partial charge is 0.407 e. The second kappa shape index (κ2) is 11.0. The van der Waals surface area contributed by atoms with E-state index in [4.69, 9.17) is 9.84 Å². The number of carboxylic acids is 1. The van der Waals surface area contributed by atoms with Crippen molar-refractivity contribution in [3.63, 3.8) is 0 Å². The molecule has 3 N–H and O–H groups in total. The Morgan fingerprint density at radius 2 is 1.52 bits per heavy atom. The number of alkyl carbamates (subject to hydrolysis) is 1.